The summed E-state index contributed by atoms with van der Waals surface area (Å²) < 4.78 is 0. The Morgan fingerprint density at radius 2 is 1.93 bits per heavy atom. The molecule has 0 unspecified atom stereocenters. The zero-order valence-electron chi connectivity index (χ0n) is 16.6. The average molecular weight is 411 g/mol. The Bertz CT molecular complexity index is 899. The highest BCUT2D eigenvalue weighted by molar-refractivity contribution is 6.32. The number of hydrogen-bond donors (Lipinski definition) is 3. The highest BCUT2D eigenvalue weighted by atomic mass is 35.5. The van der Waals surface area contributed by atoms with Gasteiger partial charge in [0.25, 0.3) is 5.91 Å². The molecule has 1 atom stereocenters. The van der Waals surface area contributed by atoms with E-state index in [1.54, 1.807) is 23.1 Å². The predicted octanol–water partition coefficient (Wildman–Crippen LogP) is 1.04. The predicted molar refractivity (Wildman–Crippen MR) is 116 cm³/mol. The molecular formula is C23H27ClN4O+2. The largest absolute Gasteiger partial charge is 0.322 e. The Kier molecular flexibility index (Phi) is 7.42. The number of nitrogens with one attached hydrogen (secondary N) is 3. The van der Waals surface area contributed by atoms with Crippen LogP contribution in [0.3, 0.4) is 0 Å². The Balaban J connectivity index is 1.46. The zero-order valence-corrected chi connectivity index (χ0v) is 17.4. The molecule has 6 heteroatoms. The first-order valence-electron chi connectivity index (χ1n) is 9.97. The zero-order chi connectivity index (χ0) is 20.6. The third kappa shape index (κ3) is 5.91. The van der Waals surface area contributed by atoms with E-state index >= 15 is 0 Å². The van der Waals surface area contributed by atoms with Crippen LogP contribution < -0.4 is 15.1 Å². The van der Waals surface area contributed by atoms with Gasteiger partial charge in [-0.25, -0.2) is 0 Å². The Morgan fingerprint density at radius 3 is 2.59 bits per heavy atom. The summed E-state index contributed by atoms with van der Waals surface area (Å²) in [6.45, 7) is 7.01. The first-order chi connectivity index (χ1) is 14.1. The number of nitriles is 1. The number of carbonyl (C=O) groups is 1. The molecule has 5 nitrogen and oxygen atoms in total. The van der Waals surface area contributed by atoms with Gasteiger partial charge in [0.05, 0.1) is 17.1 Å². The van der Waals surface area contributed by atoms with Crippen molar-refractivity contribution in [3.8, 4) is 6.07 Å². The summed E-state index contributed by atoms with van der Waals surface area (Å²) in [6, 6.07) is 17.2. The minimum atomic E-state index is -0.133. The minimum absolute atomic E-state index is 0.0202. The molecule has 1 aliphatic heterocycles. The quantitative estimate of drug-likeness (QED) is 0.666. The van der Waals surface area contributed by atoms with Crippen molar-refractivity contribution in [3.63, 3.8) is 0 Å². The lowest BCUT2D eigenvalue weighted by atomic mass is 10.2. The molecule has 1 heterocycles. The topological polar surface area (TPSA) is 61.8 Å². The molecular weight excluding hydrogens is 384 g/mol. The minimum Gasteiger partial charge on any atom is -0.322 e. The van der Waals surface area contributed by atoms with Crippen molar-refractivity contribution < 1.29 is 14.6 Å². The van der Waals surface area contributed by atoms with E-state index in [4.69, 9.17) is 16.9 Å². The van der Waals surface area contributed by atoms with Crippen LogP contribution in [0.2, 0.25) is 5.02 Å². The SMILES string of the molecule is C[C@H](C(=O)Nc1ccc(C#N)c(Cl)c1)[NH+]1CC[NH+](C/C=C/c2ccccc2)CC1. The van der Waals surface area contributed by atoms with Crippen molar-refractivity contribution in [2.45, 2.75) is 13.0 Å². The number of piperazine rings is 1. The number of hydrogen-bond acceptors (Lipinski definition) is 2. The molecule has 0 saturated carbocycles. The molecule has 0 spiro atoms. The molecule has 29 heavy (non-hydrogen) atoms. The van der Waals surface area contributed by atoms with Crippen molar-refractivity contribution in [2.75, 3.05) is 38.0 Å². The second-order valence-electron chi connectivity index (χ2n) is 7.44. The van der Waals surface area contributed by atoms with E-state index in [1.807, 2.05) is 31.2 Å². The second kappa shape index (κ2) is 10.2. The first-order valence-corrected chi connectivity index (χ1v) is 10.3. The third-order valence-electron chi connectivity index (χ3n) is 5.48. The Hall–Kier alpha value is -2.65. The smallest absolute Gasteiger partial charge is 0.282 e. The number of carbonyl (C=O) groups excluding carboxylic acids is 1. The van der Waals surface area contributed by atoms with Gasteiger partial charge < -0.3 is 15.1 Å². The molecule has 0 radical (unpaired) electrons. The van der Waals surface area contributed by atoms with Gasteiger partial charge in [0, 0.05) is 5.69 Å². The van der Waals surface area contributed by atoms with Crippen LogP contribution in [0.1, 0.15) is 18.1 Å². The number of benzene rings is 2. The molecule has 3 rings (SSSR count). The van der Waals surface area contributed by atoms with Crippen molar-refractivity contribution in [2.24, 2.45) is 0 Å². The van der Waals surface area contributed by atoms with Gasteiger partial charge in [0.1, 0.15) is 32.2 Å². The van der Waals surface area contributed by atoms with Crippen LogP contribution in [0, 0.1) is 11.3 Å². The van der Waals surface area contributed by atoms with Gasteiger partial charge in [-0.3, -0.25) is 4.79 Å². The summed E-state index contributed by atoms with van der Waals surface area (Å²) in [4.78, 5) is 15.5. The Morgan fingerprint density at radius 1 is 1.21 bits per heavy atom. The van der Waals surface area contributed by atoms with Gasteiger partial charge in [0.15, 0.2) is 6.04 Å². The van der Waals surface area contributed by atoms with Gasteiger partial charge >= 0.3 is 0 Å². The first kappa shape index (κ1) is 21.1. The van der Waals surface area contributed by atoms with Crippen molar-refractivity contribution >= 4 is 29.3 Å². The van der Waals surface area contributed by atoms with Gasteiger partial charge in [-0.1, -0.05) is 48.0 Å². The highest BCUT2D eigenvalue weighted by Crippen LogP contribution is 2.20. The number of rotatable bonds is 6. The summed E-state index contributed by atoms with van der Waals surface area (Å²) >= 11 is 6.05. The number of nitrogens with zero attached hydrogens (tertiary/aromatic N) is 1. The fourth-order valence-electron chi connectivity index (χ4n) is 3.61. The number of halogens is 1. The van der Waals surface area contributed by atoms with E-state index in [2.05, 4.69) is 29.6 Å². The molecule has 0 bridgehead atoms. The van der Waals surface area contributed by atoms with Crippen LogP contribution in [0.15, 0.2) is 54.6 Å². The number of quaternary nitrogens is 2. The van der Waals surface area contributed by atoms with Crippen LogP contribution in [0.4, 0.5) is 5.69 Å². The molecule has 2 aromatic carbocycles. The molecule has 0 aromatic heterocycles. The maximum absolute atomic E-state index is 12.6. The summed E-state index contributed by atoms with van der Waals surface area (Å²) in [6.07, 6.45) is 4.41. The third-order valence-corrected chi connectivity index (χ3v) is 5.79. The van der Waals surface area contributed by atoms with Crippen molar-refractivity contribution in [3.05, 3.63) is 70.8 Å². The van der Waals surface area contributed by atoms with Crippen LogP contribution >= 0.6 is 11.6 Å². The maximum atomic E-state index is 12.6. The van der Waals surface area contributed by atoms with Crippen molar-refractivity contribution in [1.29, 1.82) is 5.26 Å². The molecule has 150 valence electrons. The van der Waals surface area contributed by atoms with E-state index < -0.39 is 0 Å². The standard InChI is InChI=1S/C23H25ClN4O/c1-18(23(29)26-21-10-9-20(17-25)22(24)16-21)28-14-12-27(13-15-28)11-5-8-19-6-3-2-4-7-19/h2-10,16,18H,11-15H2,1H3,(H,26,29)/p+2/b8-5+/t18-/m1/s1. The Labute approximate surface area is 177 Å². The van der Waals surface area contributed by atoms with Crippen LogP contribution in [0.5, 0.6) is 0 Å². The van der Waals surface area contributed by atoms with Gasteiger partial charge in [-0.2, -0.15) is 5.26 Å². The monoisotopic (exact) mass is 410 g/mol. The van der Waals surface area contributed by atoms with E-state index in [-0.39, 0.29) is 11.9 Å². The summed E-state index contributed by atoms with van der Waals surface area (Å²) in [7, 11) is 0. The van der Waals surface area contributed by atoms with Crippen LogP contribution in [-0.2, 0) is 4.79 Å². The van der Waals surface area contributed by atoms with E-state index in [9.17, 15) is 4.79 Å². The highest BCUT2D eigenvalue weighted by Gasteiger charge is 2.30. The lowest BCUT2D eigenvalue weighted by molar-refractivity contribution is -1.02. The maximum Gasteiger partial charge on any atom is 0.282 e. The van der Waals surface area contributed by atoms with Crippen LogP contribution in [-0.4, -0.2) is 44.7 Å². The summed E-state index contributed by atoms with van der Waals surface area (Å²) in [5.41, 5.74) is 2.26. The van der Waals surface area contributed by atoms with E-state index in [0.29, 0.717) is 16.3 Å². The molecule has 0 aliphatic carbocycles. The second-order valence-corrected chi connectivity index (χ2v) is 7.85. The fourth-order valence-corrected chi connectivity index (χ4v) is 3.83. The van der Waals surface area contributed by atoms with Crippen LogP contribution in [0.25, 0.3) is 6.08 Å². The normalized spacial score (nSPS) is 20.2. The molecule has 1 amide bonds. The molecule has 1 fully saturated rings. The van der Waals surface area contributed by atoms with Gasteiger partial charge in [0.2, 0.25) is 0 Å². The average Bonchev–Trinajstić information content (AvgIpc) is 2.74. The molecule has 3 N–H and O–H groups in total. The van der Waals surface area contributed by atoms with Gasteiger partial charge in [-0.05, 0) is 36.8 Å². The fraction of sp³-hybridized carbons (Fsp3) is 0.304. The lowest BCUT2D eigenvalue weighted by Crippen LogP contribution is -3.29. The van der Waals surface area contributed by atoms with E-state index in [1.165, 1.54) is 10.5 Å². The number of anilines is 1. The number of amides is 1. The van der Waals surface area contributed by atoms with Crippen molar-refractivity contribution in [1.82, 2.24) is 0 Å². The molecule has 1 aliphatic rings. The summed E-state index contributed by atoms with van der Waals surface area (Å²) in [5, 5.41) is 12.2. The van der Waals surface area contributed by atoms with E-state index in [0.717, 1.165) is 32.7 Å². The molecule has 1 saturated heterocycles. The lowest BCUT2D eigenvalue weighted by Gasteiger charge is -2.32. The molecule has 2 aromatic rings. The van der Waals surface area contributed by atoms with Gasteiger partial charge in [-0.15, -0.1) is 0 Å². The summed E-state index contributed by atoms with van der Waals surface area (Å²) in [5.74, 6) is -0.0202.